The predicted octanol–water partition coefficient (Wildman–Crippen LogP) is 2.59. The Labute approximate surface area is 207 Å². The van der Waals surface area contributed by atoms with E-state index in [1.165, 1.54) is 0 Å². The molecule has 8 nitrogen and oxygen atoms in total. The molecule has 1 aliphatic rings. The van der Waals surface area contributed by atoms with Gasteiger partial charge in [0.2, 0.25) is 11.8 Å². The van der Waals surface area contributed by atoms with Crippen LogP contribution in [0, 0.1) is 0 Å². The third-order valence-electron chi connectivity index (χ3n) is 5.81. The summed E-state index contributed by atoms with van der Waals surface area (Å²) in [5, 5.41) is 12.5. The number of nitrogens with one attached hydrogen (secondary N) is 1. The van der Waals surface area contributed by atoms with Gasteiger partial charge >= 0.3 is 0 Å². The molecule has 0 fully saturated rings. The van der Waals surface area contributed by atoms with E-state index < -0.39 is 0 Å². The van der Waals surface area contributed by atoms with Gasteiger partial charge < -0.3 is 24.8 Å². The van der Waals surface area contributed by atoms with Crippen molar-refractivity contribution in [2.75, 3.05) is 46.0 Å². The van der Waals surface area contributed by atoms with Crippen LogP contribution in [0.4, 0.5) is 0 Å². The van der Waals surface area contributed by atoms with Crippen LogP contribution >= 0.6 is 0 Å². The van der Waals surface area contributed by atoms with Crippen molar-refractivity contribution in [3.8, 4) is 11.5 Å². The first kappa shape index (κ1) is 26.5. The number of carbonyl (C=O) groups is 2. The lowest BCUT2D eigenvalue weighted by molar-refractivity contribution is -0.134. The summed E-state index contributed by atoms with van der Waals surface area (Å²) in [6.07, 6.45) is 2.70. The SMILES string of the molecule is CCOc1cccc2c1OCCCCCNC(=O)CN(CC(=O)N(CCO)Cc1ccccc1)C2. The lowest BCUT2D eigenvalue weighted by Gasteiger charge is -2.28. The van der Waals surface area contributed by atoms with Crippen molar-refractivity contribution in [2.24, 2.45) is 0 Å². The average molecular weight is 484 g/mol. The Morgan fingerprint density at radius 2 is 1.94 bits per heavy atom. The van der Waals surface area contributed by atoms with E-state index in [1.54, 1.807) is 4.90 Å². The van der Waals surface area contributed by atoms with Crippen molar-refractivity contribution in [3.05, 3.63) is 59.7 Å². The van der Waals surface area contributed by atoms with Crippen LogP contribution in [0.3, 0.4) is 0 Å². The Morgan fingerprint density at radius 3 is 2.71 bits per heavy atom. The zero-order chi connectivity index (χ0) is 24.9. The van der Waals surface area contributed by atoms with Crippen molar-refractivity contribution in [1.82, 2.24) is 15.1 Å². The van der Waals surface area contributed by atoms with Gasteiger partial charge in [-0.05, 0) is 37.8 Å². The first-order chi connectivity index (χ1) is 17.1. The van der Waals surface area contributed by atoms with Crippen molar-refractivity contribution in [1.29, 1.82) is 0 Å². The summed E-state index contributed by atoms with van der Waals surface area (Å²) in [6, 6.07) is 15.4. The number of rotatable bonds is 8. The van der Waals surface area contributed by atoms with Crippen LogP contribution in [0.1, 0.15) is 37.3 Å². The maximum Gasteiger partial charge on any atom is 0.237 e. The van der Waals surface area contributed by atoms with Crippen LogP contribution in [0.15, 0.2) is 48.5 Å². The Balaban J connectivity index is 1.83. The van der Waals surface area contributed by atoms with Gasteiger partial charge in [-0.25, -0.2) is 0 Å². The molecule has 0 bridgehead atoms. The molecule has 3 rings (SSSR count). The molecule has 0 radical (unpaired) electrons. The zero-order valence-corrected chi connectivity index (χ0v) is 20.6. The van der Waals surface area contributed by atoms with Crippen LogP contribution in [0.25, 0.3) is 0 Å². The van der Waals surface area contributed by atoms with E-state index in [0.717, 1.165) is 30.4 Å². The van der Waals surface area contributed by atoms with E-state index >= 15 is 0 Å². The van der Waals surface area contributed by atoms with Crippen LogP contribution in [-0.4, -0.2) is 72.7 Å². The number of para-hydroxylation sites is 1. The van der Waals surface area contributed by atoms with Crippen LogP contribution < -0.4 is 14.8 Å². The molecule has 1 heterocycles. The van der Waals surface area contributed by atoms with Gasteiger partial charge in [0.05, 0.1) is 32.9 Å². The average Bonchev–Trinajstić information content (AvgIpc) is 2.86. The van der Waals surface area contributed by atoms with Crippen LogP contribution in [0.2, 0.25) is 0 Å². The number of ether oxygens (including phenoxy) is 2. The van der Waals surface area contributed by atoms with Gasteiger partial charge in [0.1, 0.15) is 0 Å². The number of fused-ring (bicyclic) bond motifs is 1. The quantitative estimate of drug-likeness (QED) is 0.600. The molecule has 1 aliphatic heterocycles. The van der Waals surface area contributed by atoms with Crippen LogP contribution in [0.5, 0.6) is 11.5 Å². The molecule has 35 heavy (non-hydrogen) atoms. The highest BCUT2D eigenvalue weighted by Gasteiger charge is 2.22. The summed E-state index contributed by atoms with van der Waals surface area (Å²) < 4.78 is 11.9. The second-order valence-corrected chi connectivity index (χ2v) is 8.61. The van der Waals surface area contributed by atoms with E-state index in [1.807, 2.05) is 60.4 Å². The van der Waals surface area contributed by atoms with E-state index in [-0.39, 0.29) is 38.1 Å². The fourth-order valence-corrected chi connectivity index (χ4v) is 4.10. The van der Waals surface area contributed by atoms with E-state index in [4.69, 9.17) is 9.47 Å². The molecule has 8 heteroatoms. The molecule has 0 aliphatic carbocycles. The van der Waals surface area contributed by atoms with Crippen LogP contribution in [-0.2, 0) is 22.7 Å². The van der Waals surface area contributed by atoms with Gasteiger partial charge in [0.25, 0.3) is 0 Å². The molecule has 0 atom stereocenters. The van der Waals surface area contributed by atoms with Gasteiger partial charge in [-0.1, -0.05) is 42.5 Å². The molecule has 2 aromatic carbocycles. The smallest absolute Gasteiger partial charge is 0.237 e. The molecule has 2 amide bonds. The predicted molar refractivity (Wildman–Crippen MR) is 134 cm³/mol. The summed E-state index contributed by atoms with van der Waals surface area (Å²) in [5.74, 6) is 1.07. The minimum atomic E-state index is -0.150. The standard InChI is InChI=1S/C27H37N3O5/c1-2-34-24-13-9-12-23-19-29(20-25(32)28-14-7-4-8-17-35-27(23)24)21-26(33)30(15-16-31)18-22-10-5-3-6-11-22/h3,5-6,9-13,31H,2,4,7-8,14-21H2,1H3,(H,28,32). The minimum Gasteiger partial charge on any atom is -0.490 e. The van der Waals surface area contributed by atoms with Gasteiger partial charge in [0, 0.05) is 31.7 Å². The van der Waals surface area contributed by atoms with Crippen molar-refractivity contribution in [3.63, 3.8) is 0 Å². The van der Waals surface area contributed by atoms with Crippen molar-refractivity contribution < 1.29 is 24.2 Å². The maximum atomic E-state index is 13.3. The van der Waals surface area contributed by atoms with E-state index in [0.29, 0.717) is 44.3 Å². The molecule has 2 N–H and O–H groups in total. The molecule has 2 aromatic rings. The highest BCUT2D eigenvalue weighted by molar-refractivity contribution is 5.81. The van der Waals surface area contributed by atoms with Gasteiger partial charge in [0.15, 0.2) is 11.5 Å². The molecule has 0 spiro atoms. The zero-order valence-electron chi connectivity index (χ0n) is 20.6. The summed E-state index contributed by atoms with van der Waals surface area (Å²) >= 11 is 0. The fourth-order valence-electron chi connectivity index (χ4n) is 4.10. The first-order valence-electron chi connectivity index (χ1n) is 12.4. The Morgan fingerprint density at radius 1 is 1.11 bits per heavy atom. The van der Waals surface area contributed by atoms with Crippen molar-refractivity contribution >= 4 is 11.8 Å². The lowest BCUT2D eigenvalue weighted by atomic mass is 10.1. The molecule has 0 saturated carbocycles. The Kier molecular flexibility index (Phi) is 10.9. The topological polar surface area (TPSA) is 91.3 Å². The Hall–Kier alpha value is -3.10. The lowest BCUT2D eigenvalue weighted by Crippen LogP contribution is -2.44. The number of hydrogen-bond acceptors (Lipinski definition) is 6. The Bertz CT molecular complexity index is 938. The first-order valence-corrected chi connectivity index (χ1v) is 12.4. The number of aliphatic hydroxyl groups excluding tert-OH is 1. The monoisotopic (exact) mass is 483 g/mol. The molecular formula is C27H37N3O5. The highest BCUT2D eigenvalue weighted by atomic mass is 16.5. The molecule has 0 aromatic heterocycles. The third-order valence-corrected chi connectivity index (χ3v) is 5.81. The third kappa shape index (κ3) is 8.56. The van der Waals surface area contributed by atoms with Gasteiger partial charge in [-0.2, -0.15) is 0 Å². The second-order valence-electron chi connectivity index (χ2n) is 8.61. The number of hydrogen-bond donors (Lipinski definition) is 2. The van der Waals surface area contributed by atoms with E-state index in [9.17, 15) is 14.7 Å². The fraction of sp³-hybridized carbons (Fsp3) is 0.481. The summed E-state index contributed by atoms with van der Waals surface area (Å²) in [7, 11) is 0. The number of nitrogens with zero attached hydrogens (tertiary/aromatic N) is 2. The number of aliphatic hydroxyl groups is 1. The minimum absolute atomic E-state index is 0.0402. The highest BCUT2D eigenvalue weighted by Crippen LogP contribution is 2.32. The normalized spacial score (nSPS) is 15.4. The van der Waals surface area contributed by atoms with E-state index in [2.05, 4.69) is 5.32 Å². The number of benzene rings is 2. The molecule has 0 unspecified atom stereocenters. The van der Waals surface area contributed by atoms with Gasteiger partial charge in [-0.3, -0.25) is 14.5 Å². The number of carbonyl (C=O) groups excluding carboxylic acids is 2. The second kappa shape index (κ2) is 14.3. The summed E-state index contributed by atoms with van der Waals surface area (Å²) in [5.41, 5.74) is 1.85. The largest absolute Gasteiger partial charge is 0.490 e. The summed E-state index contributed by atoms with van der Waals surface area (Å²) in [6.45, 7) is 4.57. The summed E-state index contributed by atoms with van der Waals surface area (Å²) in [4.78, 5) is 29.4. The number of amides is 2. The molecule has 0 saturated heterocycles. The molecule has 190 valence electrons. The van der Waals surface area contributed by atoms with Crippen molar-refractivity contribution in [2.45, 2.75) is 39.3 Å². The molecular weight excluding hydrogens is 446 g/mol. The maximum absolute atomic E-state index is 13.3. The van der Waals surface area contributed by atoms with Gasteiger partial charge in [-0.15, -0.1) is 0 Å².